The molecule has 0 aliphatic carbocycles. The highest BCUT2D eigenvalue weighted by atomic mass is 32.1. The fourth-order valence-electron chi connectivity index (χ4n) is 2.53. The van der Waals surface area contributed by atoms with Gasteiger partial charge in [-0.05, 0) is 47.7 Å². The van der Waals surface area contributed by atoms with Gasteiger partial charge in [-0.15, -0.1) is 22.7 Å². The maximum Gasteiger partial charge on any atom is 0.220 e. The number of carbonyl (C=O) groups is 1. The number of hydrogen-bond acceptors (Lipinski definition) is 5. The summed E-state index contributed by atoms with van der Waals surface area (Å²) < 4.78 is 5.12. The van der Waals surface area contributed by atoms with Gasteiger partial charge in [-0.1, -0.05) is 18.2 Å². The number of ether oxygens (including phenoxy) is 1. The van der Waals surface area contributed by atoms with Gasteiger partial charge in [0.1, 0.15) is 11.9 Å². The van der Waals surface area contributed by atoms with E-state index in [4.69, 9.17) is 4.74 Å². The molecule has 136 valence electrons. The third kappa shape index (κ3) is 4.94. The topological polar surface area (TPSA) is 58.6 Å². The Bertz CT molecular complexity index is 825. The Morgan fingerprint density at radius 3 is 2.65 bits per heavy atom. The zero-order valence-corrected chi connectivity index (χ0v) is 16.1. The Morgan fingerprint density at radius 2 is 1.96 bits per heavy atom. The molecule has 0 unspecified atom stereocenters. The van der Waals surface area contributed by atoms with Gasteiger partial charge < -0.3 is 15.2 Å². The molecule has 6 heteroatoms. The summed E-state index contributed by atoms with van der Waals surface area (Å²) in [6.45, 7) is 0.228. The van der Waals surface area contributed by atoms with Crippen LogP contribution >= 0.6 is 22.7 Å². The number of carbonyl (C=O) groups excluding carboxylic acids is 1. The summed E-state index contributed by atoms with van der Waals surface area (Å²) in [5.41, 5.74) is 1.08. The van der Waals surface area contributed by atoms with Crippen LogP contribution in [0.3, 0.4) is 0 Å². The van der Waals surface area contributed by atoms with Gasteiger partial charge in [0.2, 0.25) is 5.91 Å². The fraction of sp³-hybridized carbons (Fsp3) is 0.250. The number of benzene rings is 1. The van der Waals surface area contributed by atoms with Crippen molar-refractivity contribution in [1.29, 1.82) is 0 Å². The maximum absolute atomic E-state index is 12.0. The lowest BCUT2D eigenvalue weighted by molar-refractivity contribution is -0.121. The molecule has 0 aliphatic heterocycles. The highest BCUT2D eigenvalue weighted by Gasteiger charge is 2.13. The zero-order valence-electron chi connectivity index (χ0n) is 14.5. The van der Waals surface area contributed by atoms with E-state index in [-0.39, 0.29) is 12.5 Å². The Hall–Kier alpha value is -2.15. The Morgan fingerprint density at radius 1 is 1.15 bits per heavy atom. The van der Waals surface area contributed by atoms with Crippen LogP contribution < -0.4 is 10.1 Å². The van der Waals surface area contributed by atoms with Crippen LogP contribution in [0.15, 0.2) is 53.9 Å². The van der Waals surface area contributed by atoms with E-state index in [2.05, 4.69) is 11.4 Å². The molecule has 0 spiro atoms. The number of thiophene rings is 2. The second kappa shape index (κ2) is 8.98. The molecule has 0 bridgehead atoms. The van der Waals surface area contributed by atoms with Crippen molar-refractivity contribution in [1.82, 2.24) is 5.32 Å². The first-order valence-electron chi connectivity index (χ1n) is 8.37. The first kappa shape index (κ1) is 18.6. The van der Waals surface area contributed by atoms with E-state index in [9.17, 15) is 9.90 Å². The van der Waals surface area contributed by atoms with Crippen LogP contribution in [-0.2, 0) is 11.2 Å². The molecule has 3 rings (SSSR count). The molecule has 1 aromatic carbocycles. The standard InChI is InChI=1S/C20H21NO3S2/c1-24-15-7-4-14(5-8-15)6-11-20(23)21-13-16(22)17-9-10-19(26-17)18-3-2-12-25-18/h2-5,7-10,12,16,22H,6,11,13H2,1H3,(H,21,23)/t16-/m0/s1. The summed E-state index contributed by atoms with van der Waals surface area (Å²) in [5, 5.41) is 15.2. The summed E-state index contributed by atoms with van der Waals surface area (Å²) in [5.74, 6) is 0.745. The van der Waals surface area contributed by atoms with Crippen molar-refractivity contribution in [2.45, 2.75) is 18.9 Å². The van der Waals surface area contributed by atoms with Crippen molar-refractivity contribution in [2.75, 3.05) is 13.7 Å². The largest absolute Gasteiger partial charge is 0.497 e. The van der Waals surface area contributed by atoms with Crippen molar-refractivity contribution in [3.05, 3.63) is 64.4 Å². The van der Waals surface area contributed by atoms with Crippen LogP contribution in [0.1, 0.15) is 23.0 Å². The fourth-order valence-corrected chi connectivity index (χ4v) is 4.36. The monoisotopic (exact) mass is 387 g/mol. The predicted octanol–water partition coefficient (Wildman–Crippen LogP) is 4.27. The van der Waals surface area contributed by atoms with Crippen LogP contribution in [0.4, 0.5) is 0 Å². The predicted molar refractivity (Wildman–Crippen MR) is 107 cm³/mol. The minimum atomic E-state index is -0.682. The highest BCUT2D eigenvalue weighted by Crippen LogP contribution is 2.33. The molecule has 1 amide bonds. The number of methoxy groups -OCH3 is 1. The number of aryl methyl sites for hydroxylation is 1. The third-order valence-corrected chi connectivity index (χ3v) is 6.26. The third-order valence-electron chi connectivity index (χ3n) is 4.01. The molecule has 2 heterocycles. The summed E-state index contributed by atoms with van der Waals surface area (Å²) >= 11 is 3.24. The molecule has 1 atom stereocenters. The summed E-state index contributed by atoms with van der Waals surface area (Å²) in [4.78, 5) is 15.2. The molecule has 0 saturated heterocycles. The first-order valence-corrected chi connectivity index (χ1v) is 10.1. The average molecular weight is 388 g/mol. The number of hydrogen-bond donors (Lipinski definition) is 2. The van der Waals surface area contributed by atoms with Crippen LogP contribution in [0, 0.1) is 0 Å². The summed E-state index contributed by atoms with van der Waals surface area (Å²) in [7, 11) is 1.63. The van der Waals surface area contributed by atoms with Gasteiger partial charge in [0.15, 0.2) is 0 Å². The van der Waals surface area contributed by atoms with Crippen LogP contribution in [0.2, 0.25) is 0 Å². The van der Waals surface area contributed by atoms with E-state index in [0.29, 0.717) is 12.8 Å². The smallest absolute Gasteiger partial charge is 0.220 e. The summed E-state index contributed by atoms with van der Waals surface area (Å²) in [6.07, 6.45) is 0.371. The Kier molecular flexibility index (Phi) is 6.44. The van der Waals surface area contributed by atoms with Gasteiger partial charge in [-0.3, -0.25) is 4.79 Å². The van der Waals surface area contributed by atoms with Crippen LogP contribution in [-0.4, -0.2) is 24.7 Å². The van der Waals surface area contributed by atoms with E-state index in [1.165, 1.54) is 4.88 Å². The molecule has 2 N–H and O–H groups in total. The Balaban J connectivity index is 1.45. The number of rotatable bonds is 8. The zero-order chi connectivity index (χ0) is 18.4. The van der Waals surface area contributed by atoms with Crippen molar-refractivity contribution in [3.8, 4) is 15.5 Å². The molecule has 0 radical (unpaired) electrons. The molecule has 0 aliphatic rings. The molecular formula is C20H21NO3S2. The van der Waals surface area contributed by atoms with E-state index >= 15 is 0 Å². The van der Waals surface area contributed by atoms with E-state index < -0.39 is 6.10 Å². The van der Waals surface area contributed by atoms with Crippen molar-refractivity contribution >= 4 is 28.6 Å². The molecule has 26 heavy (non-hydrogen) atoms. The first-order chi connectivity index (χ1) is 12.7. The van der Waals surface area contributed by atoms with Gasteiger partial charge in [0.05, 0.1) is 7.11 Å². The van der Waals surface area contributed by atoms with Crippen LogP contribution in [0.5, 0.6) is 5.75 Å². The second-order valence-corrected chi connectivity index (χ2v) is 7.91. The van der Waals surface area contributed by atoms with Gasteiger partial charge in [-0.2, -0.15) is 0 Å². The normalized spacial score (nSPS) is 11.9. The molecule has 2 aromatic heterocycles. The number of amides is 1. The molecule has 0 saturated carbocycles. The minimum Gasteiger partial charge on any atom is -0.497 e. The number of aliphatic hydroxyl groups is 1. The van der Waals surface area contributed by atoms with Gasteiger partial charge >= 0.3 is 0 Å². The lowest BCUT2D eigenvalue weighted by Gasteiger charge is -2.10. The van der Waals surface area contributed by atoms with Crippen molar-refractivity contribution in [3.63, 3.8) is 0 Å². The maximum atomic E-state index is 12.0. The number of aliphatic hydroxyl groups excluding tert-OH is 1. The second-order valence-electron chi connectivity index (χ2n) is 5.85. The molecule has 3 aromatic rings. The number of nitrogens with one attached hydrogen (secondary N) is 1. The highest BCUT2D eigenvalue weighted by molar-refractivity contribution is 7.21. The molecule has 4 nitrogen and oxygen atoms in total. The van der Waals surface area contributed by atoms with E-state index in [1.54, 1.807) is 29.8 Å². The quantitative estimate of drug-likeness (QED) is 0.607. The van der Waals surface area contributed by atoms with Crippen molar-refractivity contribution in [2.24, 2.45) is 0 Å². The average Bonchev–Trinajstić information content (AvgIpc) is 3.36. The summed E-state index contributed by atoms with van der Waals surface area (Å²) in [6, 6.07) is 15.7. The van der Waals surface area contributed by atoms with Crippen LogP contribution in [0.25, 0.3) is 9.75 Å². The van der Waals surface area contributed by atoms with Gasteiger partial charge in [0.25, 0.3) is 0 Å². The van der Waals surface area contributed by atoms with E-state index in [0.717, 1.165) is 21.1 Å². The van der Waals surface area contributed by atoms with Crippen molar-refractivity contribution < 1.29 is 14.6 Å². The van der Waals surface area contributed by atoms with E-state index in [1.807, 2.05) is 47.8 Å². The lowest BCUT2D eigenvalue weighted by atomic mass is 10.1. The molecular weight excluding hydrogens is 366 g/mol. The van der Waals surface area contributed by atoms with Gasteiger partial charge in [0, 0.05) is 27.6 Å². The lowest BCUT2D eigenvalue weighted by Crippen LogP contribution is -2.28. The van der Waals surface area contributed by atoms with Gasteiger partial charge in [-0.25, -0.2) is 0 Å². The molecule has 0 fully saturated rings. The SMILES string of the molecule is COc1ccc(CCC(=O)NC[C@H](O)c2ccc(-c3cccs3)s2)cc1. The minimum absolute atomic E-state index is 0.0603. The Labute approximate surface area is 161 Å².